The summed E-state index contributed by atoms with van der Waals surface area (Å²) in [5, 5.41) is 20.3. The molecule has 1 heterocycles. The van der Waals surface area contributed by atoms with Gasteiger partial charge in [0.2, 0.25) is 5.78 Å². The van der Waals surface area contributed by atoms with E-state index in [4.69, 9.17) is 4.74 Å². The predicted molar refractivity (Wildman–Crippen MR) is 120 cm³/mol. The average Bonchev–Trinajstić information content (AvgIpc) is 3.05. The molecule has 0 atom stereocenters. The van der Waals surface area contributed by atoms with Crippen molar-refractivity contribution in [1.82, 2.24) is 0 Å². The minimum absolute atomic E-state index is 0.118. The van der Waals surface area contributed by atoms with Crippen molar-refractivity contribution in [3.05, 3.63) is 82.2 Å². The molecule has 5 heteroatoms. The van der Waals surface area contributed by atoms with E-state index in [1.165, 1.54) is 23.0 Å². The first kappa shape index (κ1) is 20.0. The Bertz CT molecular complexity index is 1240. The molecule has 4 nitrogen and oxygen atoms in total. The molecular formula is C25H22O4S. The molecule has 0 spiro atoms. The molecule has 0 aliphatic carbocycles. The molecule has 152 valence electrons. The molecule has 4 rings (SSSR count). The number of hydrogen-bond acceptors (Lipinski definition) is 5. The Morgan fingerprint density at radius 1 is 0.933 bits per heavy atom. The molecule has 0 amide bonds. The van der Waals surface area contributed by atoms with Gasteiger partial charge in [0.05, 0.1) is 0 Å². The number of thiophene rings is 1. The van der Waals surface area contributed by atoms with Gasteiger partial charge in [-0.05, 0) is 72.5 Å². The van der Waals surface area contributed by atoms with Gasteiger partial charge in [-0.2, -0.15) is 0 Å². The topological polar surface area (TPSA) is 66.8 Å². The Hall–Kier alpha value is -3.31. The highest BCUT2D eigenvalue weighted by Gasteiger charge is 2.23. The number of hydrogen-bond donors (Lipinski definition) is 2. The lowest BCUT2D eigenvalue weighted by Crippen LogP contribution is -2.03. The second-order valence-corrected chi connectivity index (χ2v) is 8.65. The molecule has 0 aliphatic heterocycles. The van der Waals surface area contributed by atoms with E-state index in [0.717, 1.165) is 10.1 Å². The Morgan fingerprint density at radius 2 is 1.60 bits per heavy atom. The number of carbonyl (C=O) groups excluding carboxylic acids is 1. The lowest BCUT2D eigenvalue weighted by molar-refractivity contribution is 0.104. The molecule has 0 saturated heterocycles. The molecule has 30 heavy (non-hydrogen) atoms. The number of rotatable bonds is 5. The number of aryl methyl sites for hydroxylation is 1. The zero-order valence-electron chi connectivity index (χ0n) is 17.0. The first-order valence-corrected chi connectivity index (χ1v) is 10.5. The predicted octanol–water partition coefficient (Wildman–Crippen LogP) is 6.77. The molecule has 0 radical (unpaired) electrons. The monoisotopic (exact) mass is 418 g/mol. The zero-order valence-corrected chi connectivity index (χ0v) is 17.8. The van der Waals surface area contributed by atoms with Crippen molar-refractivity contribution in [2.24, 2.45) is 0 Å². The number of fused-ring (bicyclic) bond motifs is 1. The van der Waals surface area contributed by atoms with Crippen molar-refractivity contribution in [2.75, 3.05) is 0 Å². The highest BCUT2D eigenvalue weighted by atomic mass is 32.1. The minimum atomic E-state index is -0.179. The number of phenolic OH excluding ortho intramolecular Hbond substituents is 2. The zero-order chi connectivity index (χ0) is 21.4. The molecule has 3 aromatic carbocycles. The fourth-order valence-corrected chi connectivity index (χ4v) is 4.49. The van der Waals surface area contributed by atoms with Crippen molar-refractivity contribution in [1.29, 1.82) is 0 Å². The highest BCUT2D eigenvalue weighted by Crippen LogP contribution is 2.43. The van der Waals surface area contributed by atoms with Crippen LogP contribution in [0.2, 0.25) is 0 Å². The summed E-state index contributed by atoms with van der Waals surface area (Å²) in [6.45, 7) is 6.05. The maximum absolute atomic E-state index is 13.4. The molecule has 0 aliphatic rings. The molecule has 0 fully saturated rings. The normalized spacial score (nSPS) is 11.2. The molecule has 1 aromatic heterocycles. The van der Waals surface area contributed by atoms with Gasteiger partial charge in [0.25, 0.3) is 0 Å². The number of ether oxygens (including phenoxy) is 1. The largest absolute Gasteiger partial charge is 0.508 e. The fraction of sp³-hybridized carbons (Fsp3) is 0.160. The van der Waals surface area contributed by atoms with Crippen molar-refractivity contribution in [2.45, 2.75) is 26.7 Å². The highest BCUT2D eigenvalue weighted by molar-refractivity contribution is 7.21. The van der Waals surface area contributed by atoms with E-state index < -0.39 is 0 Å². The maximum Gasteiger partial charge on any atom is 0.207 e. The molecule has 2 N–H and O–H groups in total. The van der Waals surface area contributed by atoms with Crippen LogP contribution in [-0.2, 0) is 0 Å². The van der Waals surface area contributed by atoms with E-state index in [1.54, 1.807) is 37.3 Å². The van der Waals surface area contributed by atoms with Crippen molar-refractivity contribution in [3.8, 4) is 23.0 Å². The molecule has 0 saturated carbocycles. The maximum atomic E-state index is 13.4. The summed E-state index contributed by atoms with van der Waals surface area (Å²) in [6.07, 6.45) is 0. The van der Waals surface area contributed by atoms with E-state index in [2.05, 4.69) is 13.8 Å². The second-order valence-electron chi connectivity index (χ2n) is 7.59. The van der Waals surface area contributed by atoms with Crippen LogP contribution in [0.1, 0.15) is 46.1 Å². The lowest BCUT2D eigenvalue weighted by atomic mass is 10.0. The first-order valence-electron chi connectivity index (χ1n) is 9.71. The molecule has 0 unspecified atom stereocenters. The van der Waals surface area contributed by atoms with Crippen LogP contribution in [0, 0.1) is 6.92 Å². The first-order chi connectivity index (χ1) is 14.3. The summed E-state index contributed by atoms with van der Waals surface area (Å²) in [7, 11) is 0. The van der Waals surface area contributed by atoms with Crippen LogP contribution >= 0.6 is 11.3 Å². The van der Waals surface area contributed by atoms with Crippen LogP contribution in [0.4, 0.5) is 0 Å². The Balaban J connectivity index is 1.82. The summed E-state index contributed by atoms with van der Waals surface area (Å²) >= 11 is 1.28. The van der Waals surface area contributed by atoms with E-state index >= 15 is 0 Å². The van der Waals surface area contributed by atoms with Gasteiger partial charge in [-0.3, -0.25) is 4.79 Å². The van der Waals surface area contributed by atoms with E-state index in [1.807, 2.05) is 24.3 Å². The number of benzene rings is 3. The summed E-state index contributed by atoms with van der Waals surface area (Å²) < 4.78 is 6.97. The van der Waals surface area contributed by atoms with Gasteiger partial charge in [-0.1, -0.05) is 26.0 Å². The van der Waals surface area contributed by atoms with Crippen LogP contribution in [0.5, 0.6) is 23.0 Å². The van der Waals surface area contributed by atoms with Gasteiger partial charge >= 0.3 is 0 Å². The van der Waals surface area contributed by atoms with Crippen molar-refractivity contribution >= 4 is 27.2 Å². The van der Waals surface area contributed by atoms with Crippen LogP contribution in [0.15, 0.2) is 60.7 Å². The van der Waals surface area contributed by atoms with Gasteiger partial charge in [-0.15, -0.1) is 11.3 Å². The van der Waals surface area contributed by atoms with Gasteiger partial charge in [0.15, 0.2) is 5.75 Å². The number of phenols is 2. The molecule has 0 bridgehead atoms. The standard InChI is InChI=1S/C25H22O4S/c1-14(2)16-4-8-19(9-5-16)29-24-21-11-7-18(27)13-22(21)30-25(24)23(28)20-10-6-17(26)12-15(20)3/h4-14,26-27H,1-3H3. The van der Waals surface area contributed by atoms with E-state index in [9.17, 15) is 15.0 Å². The fourth-order valence-electron chi connectivity index (χ4n) is 3.38. The quantitative estimate of drug-likeness (QED) is 0.351. The summed E-state index contributed by atoms with van der Waals surface area (Å²) in [4.78, 5) is 13.8. The number of aromatic hydroxyl groups is 2. The molecular weight excluding hydrogens is 396 g/mol. The Morgan fingerprint density at radius 3 is 2.27 bits per heavy atom. The van der Waals surface area contributed by atoms with Gasteiger partial charge in [0, 0.05) is 15.6 Å². The number of carbonyl (C=O) groups is 1. The third-order valence-corrected chi connectivity index (χ3v) is 6.19. The minimum Gasteiger partial charge on any atom is -0.508 e. The van der Waals surface area contributed by atoms with E-state index in [-0.39, 0.29) is 17.3 Å². The van der Waals surface area contributed by atoms with Gasteiger partial charge < -0.3 is 14.9 Å². The van der Waals surface area contributed by atoms with Crippen LogP contribution in [0.3, 0.4) is 0 Å². The van der Waals surface area contributed by atoms with Crippen molar-refractivity contribution in [3.63, 3.8) is 0 Å². The third-order valence-electron chi connectivity index (χ3n) is 5.06. The Kier molecular flexibility index (Phi) is 5.22. The average molecular weight is 419 g/mol. The van der Waals surface area contributed by atoms with Gasteiger partial charge in [0.1, 0.15) is 22.1 Å². The number of ketones is 1. The van der Waals surface area contributed by atoms with E-state index in [0.29, 0.717) is 33.4 Å². The Labute approximate surface area is 179 Å². The molecule has 4 aromatic rings. The lowest BCUT2D eigenvalue weighted by Gasteiger charge is -2.11. The summed E-state index contributed by atoms with van der Waals surface area (Å²) in [6, 6.07) is 17.5. The SMILES string of the molecule is Cc1cc(O)ccc1C(=O)c1sc2cc(O)ccc2c1Oc1ccc(C(C)C)cc1. The van der Waals surface area contributed by atoms with Crippen LogP contribution in [-0.4, -0.2) is 16.0 Å². The van der Waals surface area contributed by atoms with Gasteiger partial charge in [-0.25, -0.2) is 0 Å². The smallest absolute Gasteiger partial charge is 0.207 e. The second kappa shape index (κ2) is 7.84. The van der Waals surface area contributed by atoms with Crippen molar-refractivity contribution < 1.29 is 19.7 Å². The van der Waals surface area contributed by atoms with Crippen LogP contribution in [0.25, 0.3) is 10.1 Å². The summed E-state index contributed by atoms with van der Waals surface area (Å²) in [5.74, 6) is 1.61. The van der Waals surface area contributed by atoms with Crippen LogP contribution < -0.4 is 4.74 Å². The third kappa shape index (κ3) is 3.76. The summed E-state index contributed by atoms with van der Waals surface area (Å²) in [5.41, 5.74) is 2.40.